The fraction of sp³-hybridized carbons (Fsp3) is 0.292. The number of anilines is 1. The molecule has 0 bridgehead atoms. The Bertz CT molecular complexity index is 1400. The van der Waals surface area contributed by atoms with Gasteiger partial charge in [0.15, 0.2) is 0 Å². The lowest BCUT2D eigenvalue weighted by atomic mass is 10.0. The Kier molecular flexibility index (Phi) is 5.52. The third kappa shape index (κ3) is 3.74. The first-order valence-corrected chi connectivity index (χ1v) is 11.2. The number of aryl methyl sites for hydroxylation is 2. The number of aliphatic hydroxyl groups excluding tert-OH is 2. The van der Waals surface area contributed by atoms with Crippen LogP contribution >= 0.6 is 11.6 Å². The van der Waals surface area contributed by atoms with Gasteiger partial charge < -0.3 is 20.5 Å². The molecule has 3 heterocycles. The number of rotatable bonds is 5. The molecule has 0 aliphatic heterocycles. The van der Waals surface area contributed by atoms with Crippen molar-refractivity contribution in [3.8, 4) is 0 Å². The molecule has 1 aliphatic rings. The van der Waals surface area contributed by atoms with Crippen molar-refractivity contribution in [2.75, 3.05) is 5.73 Å². The van der Waals surface area contributed by atoms with Crippen molar-refractivity contribution < 1.29 is 14.6 Å². The molecule has 9 heteroatoms. The fourth-order valence-electron chi connectivity index (χ4n) is 4.55. The van der Waals surface area contributed by atoms with Gasteiger partial charge in [0, 0.05) is 17.0 Å². The second kappa shape index (κ2) is 8.37. The summed E-state index contributed by atoms with van der Waals surface area (Å²) in [5.74, 6) is -0.282. The maximum absolute atomic E-state index is 14.6. The second-order valence-electron chi connectivity index (χ2n) is 8.30. The normalized spacial score (nSPS) is 20.6. The number of hydrogen-bond acceptors (Lipinski definition) is 6. The average Bonchev–Trinajstić information content (AvgIpc) is 3.35. The SMILES string of the molecule is CCc1ncnc2c1ccn2C1C=C(CCc2cc(F)c3cc(Cl)c(N)nc3c2)C(O)[C@@H]1O. The Labute approximate surface area is 194 Å². The number of nitrogens with zero attached hydrogens (tertiary/aromatic N) is 4. The van der Waals surface area contributed by atoms with E-state index in [1.165, 1.54) is 18.5 Å². The van der Waals surface area contributed by atoms with Crippen molar-refractivity contribution in [3.05, 3.63) is 70.5 Å². The number of aromatic nitrogens is 4. The number of fused-ring (bicyclic) bond motifs is 2. The molecular formula is C24H23ClFN5O2. The van der Waals surface area contributed by atoms with E-state index in [9.17, 15) is 14.6 Å². The maximum atomic E-state index is 14.6. The van der Waals surface area contributed by atoms with Gasteiger partial charge in [0.05, 0.1) is 22.3 Å². The van der Waals surface area contributed by atoms with E-state index < -0.39 is 24.1 Å². The van der Waals surface area contributed by atoms with E-state index in [2.05, 4.69) is 15.0 Å². The number of pyridine rings is 1. The molecule has 7 nitrogen and oxygen atoms in total. The van der Waals surface area contributed by atoms with Gasteiger partial charge in [-0.25, -0.2) is 19.3 Å². The van der Waals surface area contributed by atoms with E-state index in [1.54, 1.807) is 6.07 Å². The molecule has 3 atom stereocenters. The summed E-state index contributed by atoms with van der Waals surface area (Å²) in [6.45, 7) is 2.03. The molecule has 4 aromatic rings. The van der Waals surface area contributed by atoms with Crippen molar-refractivity contribution in [2.24, 2.45) is 0 Å². The molecule has 0 saturated carbocycles. The lowest BCUT2D eigenvalue weighted by Gasteiger charge is -2.19. The molecule has 0 saturated heterocycles. The van der Waals surface area contributed by atoms with Crippen LogP contribution in [0.3, 0.4) is 0 Å². The zero-order valence-electron chi connectivity index (χ0n) is 17.9. The number of nitrogens with two attached hydrogens (primary N) is 1. The van der Waals surface area contributed by atoms with Gasteiger partial charge >= 0.3 is 0 Å². The molecule has 0 fully saturated rings. The third-order valence-corrected chi connectivity index (χ3v) is 6.62. The van der Waals surface area contributed by atoms with Crippen molar-refractivity contribution in [1.82, 2.24) is 19.5 Å². The molecule has 1 aromatic carbocycles. The lowest BCUT2D eigenvalue weighted by molar-refractivity contribution is 0.0317. The number of benzene rings is 1. The highest BCUT2D eigenvalue weighted by molar-refractivity contribution is 6.33. The topological polar surface area (TPSA) is 110 Å². The lowest BCUT2D eigenvalue weighted by Crippen LogP contribution is -2.29. The number of halogens is 2. The summed E-state index contributed by atoms with van der Waals surface area (Å²) in [5.41, 5.74) is 9.26. The minimum Gasteiger partial charge on any atom is -0.388 e. The summed E-state index contributed by atoms with van der Waals surface area (Å²) < 4.78 is 16.5. The van der Waals surface area contributed by atoms with Crippen molar-refractivity contribution >= 4 is 39.4 Å². The van der Waals surface area contributed by atoms with Gasteiger partial charge in [-0.15, -0.1) is 0 Å². The van der Waals surface area contributed by atoms with Gasteiger partial charge in [-0.05, 0) is 54.7 Å². The molecule has 0 amide bonds. The minimum atomic E-state index is -1.02. The predicted molar refractivity (Wildman–Crippen MR) is 125 cm³/mol. The largest absolute Gasteiger partial charge is 0.388 e. The molecule has 3 aromatic heterocycles. The van der Waals surface area contributed by atoms with Gasteiger partial charge in [-0.2, -0.15) is 0 Å². The van der Waals surface area contributed by atoms with Crippen LogP contribution in [0.1, 0.15) is 30.6 Å². The van der Waals surface area contributed by atoms with E-state index in [4.69, 9.17) is 17.3 Å². The number of aliphatic hydroxyl groups is 2. The van der Waals surface area contributed by atoms with Crippen molar-refractivity contribution in [3.63, 3.8) is 0 Å². The van der Waals surface area contributed by atoms with Crippen LogP contribution in [0.2, 0.25) is 5.02 Å². The second-order valence-corrected chi connectivity index (χ2v) is 8.71. The zero-order valence-corrected chi connectivity index (χ0v) is 18.7. The number of nitrogen functional groups attached to an aromatic ring is 1. The first kappa shape index (κ1) is 21.8. The molecule has 0 radical (unpaired) electrons. The summed E-state index contributed by atoms with van der Waals surface area (Å²) in [6.07, 6.45) is 4.92. The van der Waals surface area contributed by atoms with Gasteiger partial charge in [0.2, 0.25) is 0 Å². The summed E-state index contributed by atoms with van der Waals surface area (Å²) >= 11 is 5.96. The first-order chi connectivity index (χ1) is 15.9. The Morgan fingerprint density at radius 1 is 1.15 bits per heavy atom. The quantitative estimate of drug-likeness (QED) is 0.385. The average molecular weight is 468 g/mol. The van der Waals surface area contributed by atoms with Crippen LogP contribution in [0.15, 0.2) is 48.4 Å². The van der Waals surface area contributed by atoms with Crippen molar-refractivity contribution in [1.29, 1.82) is 0 Å². The molecule has 0 spiro atoms. The van der Waals surface area contributed by atoms with Crippen molar-refractivity contribution in [2.45, 2.75) is 44.4 Å². The maximum Gasteiger partial charge on any atom is 0.144 e. The van der Waals surface area contributed by atoms with Crippen LogP contribution in [0.5, 0.6) is 0 Å². The first-order valence-electron chi connectivity index (χ1n) is 10.8. The summed E-state index contributed by atoms with van der Waals surface area (Å²) in [5, 5.41) is 22.9. The van der Waals surface area contributed by atoms with Crippen LogP contribution in [0.4, 0.5) is 10.2 Å². The van der Waals surface area contributed by atoms with Crippen LogP contribution in [-0.2, 0) is 12.8 Å². The van der Waals surface area contributed by atoms with Gasteiger partial charge in [0.25, 0.3) is 0 Å². The zero-order chi connectivity index (χ0) is 23.3. The Morgan fingerprint density at radius 3 is 2.76 bits per heavy atom. The predicted octanol–water partition coefficient (Wildman–Crippen LogP) is 3.75. The molecule has 2 unspecified atom stereocenters. The van der Waals surface area contributed by atoms with Gasteiger partial charge in [-0.3, -0.25) is 0 Å². The third-order valence-electron chi connectivity index (χ3n) is 6.31. The molecule has 5 rings (SSSR count). The van der Waals surface area contributed by atoms with Crippen LogP contribution in [0.25, 0.3) is 21.9 Å². The smallest absolute Gasteiger partial charge is 0.144 e. The standard InChI is InChI=1S/C24H23ClFN5O2/c1-2-18-14-5-6-31(24(14)29-11-28-18)20-9-13(21(32)22(20)33)4-3-12-7-17(26)15-10-16(25)23(27)30-19(15)8-12/h5-11,20-22,32-33H,2-4H2,1H3,(H2,27,30)/t20?,21?,22-/m1/s1. The highest BCUT2D eigenvalue weighted by Gasteiger charge is 2.36. The fourth-order valence-corrected chi connectivity index (χ4v) is 4.71. The Morgan fingerprint density at radius 2 is 1.97 bits per heavy atom. The molecule has 33 heavy (non-hydrogen) atoms. The molecule has 4 N–H and O–H groups in total. The van der Waals surface area contributed by atoms with Gasteiger partial charge in [0.1, 0.15) is 35.8 Å². The molecule has 1 aliphatic carbocycles. The minimum absolute atomic E-state index is 0.148. The highest BCUT2D eigenvalue weighted by atomic mass is 35.5. The number of hydrogen-bond donors (Lipinski definition) is 3. The van der Waals surface area contributed by atoms with Crippen LogP contribution in [-0.4, -0.2) is 41.9 Å². The van der Waals surface area contributed by atoms with Crippen LogP contribution < -0.4 is 5.73 Å². The summed E-state index contributed by atoms with van der Waals surface area (Å²) in [6, 6.07) is 6.15. The Hall–Kier alpha value is -3.07. The van der Waals surface area contributed by atoms with E-state index in [0.717, 1.165) is 23.1 Å². The summed E-state index contributed by atoms with van der Waals surface area (Å²) in [4.78, 5) is 12.9. The highest BCUT2D eigenvalue weighted by Crippen LogP contribution is 2.35. The van der Waals surface area contributed by atoms with E-state index in [1.807, 2.05) is 29.8 Å². The van der Waals surface area contributed by atoms with Crippen LogP contribution in [0, 0.1) is 5.82 Å². The molecule has 170 valence electrons. The van der Waals surface area contributed by atoms with Gasteiger partial charge in [-0.1, -0.05) is 24.6 Å². The summed E-state index contributed by atoms with van der Waals surface area (Å²) in [7, 11) is 0. The van der Waals surface area contributed by atoms with E-state index in [0.29, 0.717) is 34.9 Å². The Balaban J connectivity index is 1.41. The molecular weight excluding hydrogens is 445 g/mol. The monoisotopic (exact) mass is 467 g/mol. The van der Waals surface area contributed by atoms with E-state index in [-0.39, 0.29) is 10.8 Å². The van der Waals surface area contributed by atoms with E-state index >= 15 is 0 Å².